The quantitative estimate of drug-likeness (QED) is 0.427. The molecule has 2 unspecified atom stereocenters. The highest BCUT2D eigenvalue weighted by Gasteiger charge is 2.69. The number of carbonyl (C=O) groups excluding carboxylic acids is 2. The van der Waals surface area contributed by atoms with Gasteiger partial charge < -0.3 is 9.47 Å². The average Bonchev–Trinajstić information content (AvgIpc) is 3.34. The second-order valence-electron chi connectivity index (χ2n) is 7.94. The summed E-state index contributed by atoms with van der Waals surface area (Å²) in [4.78, 5) is 25.4. The van der Waals surface area contributed by atoms with E-state index in [0.29, 0.717) is 23.7 Å². The van der Waals surface area contributed by atoms with Crippen LogP contribution in [0.5, 0.6) is 0 Å². The summed E-state index contributed by atoms with van der Waals surface area (Å²) in [7, 11) is 0. The summed E-state index contributed by atoms with van der Waals surface area (Å²) in [6, 6.07) is 0. The molecule has 4 aliphatic rings. The van der Waals surface area contributed by atoms with Crippen LogP contribution in [0.25, 0.3) is 0 Å². The lowest BCUT2D eigenvalue weighted by molar-refractivity contribution is -0.165. The molecule has 8 atom stereocenters. The fraction of sp³-hybridized carbons (Fsp3) is 0.700. The summed E-state index contributed by atoms with van der Waals surface area (Å²) in [5.41, 5.74) is 0. The summed E-state index contributed by atoms with van der Waals surface area (Å²) in [6.07, 6.45) is 8.05. The first-order valence-corrected chi connectivity index (χ1v) is 9.22. The van der Waals surface area contributed by atoms with Gasteiger partial charge in [-0.2, -0.15) is 0 Å². The lowest BCUT2D eigenvalue weighted by Gasteiger charge is -2.41. The van der Waals surface area contributed by atoms with Crippen LogP contribution < -0.4 is 0 Å². The van der Waals surface area contributed by atoms with E-state index in [0.717, 1.165) is 18.3 Å². The van der Waals surface area contributed by atoms with Gasteiger partial charge in [-0.3, -0.25) is 9.59 Å². The molecule has 24 heavy (non-hydrogen) atoms. The third kappa shape index (κ3) is 2.18. The van der Waals surface area contributed by atoms with E-state index in [4.69, 9.17) is 9.47 Å². The summed E-state index contributed by atoms with van der Waals surface area (Å²) in [5.74, 6) is 2.25. The first-order valence-electron chi connectivity index (χ1n) is 9.22. The molecule has 0 saturated heterocycles. The molecule has 0 aromatic rings. The molecule has 4 heteroatoms. The standard InChI is InChI=1S/C20H26O4/c1-3-7-23-19(21)17-13-10-14(18(17)20(22)24-8-4-2)16-12-6-5-11(9-12)15(13)16/h3-4,11-18H,1-2,5-10H2/t11-,12+,13+,14-,15-,16+,17?,18?. The van der Waals surface area contributed by atoms with Crippen molar-refractivity contribution in [1.82, 2.24) is 0 Å². The van der Waals surface area contributed by atoms with Gasteiger partial charge in [-0.05, 0) is 61.2 Å². The van der Waals surface area contributed by atoms with Crippen molar-refractivity contribution in [3.63, 3.8) is 0 Å². The van der Waals surface area contributed by atoms with Gasteiger partial charge in [0.25, 0.3) is 0 Å². The van der Waals surface area contributed by atoms with Crippen LogP contribution >= 0.6 is 0 Å². The molecule has 4 aliphatic carbocycles. The third-order valence-corrected chi connectivity index (χ3v) is 7.12. The molecule has 4 fully saturated rings. The maximum Gasteiger partial charge on any atom is 0.310 e. The van der Waals surface area contributed by atoms with Crippen molar-refractivity contribution < 1.29 is 19.1 Å². The zero-order chi connectivity index (χ0) is 16.8. The van der Waals surface area contributed by atoms with Gasteiger partial charge >= 0.3 is 11.9 Å². The topological polar surface area (TPSA) is 52.6 Å². The number of esters is 2. The Morgan fingerprint density at radius 1 is 0.833 bits per heavy atom. The summed E-state index contributed by atoms with van der Waals surface area (Å²) in [5, 5.41) is 0. The van der Waals surface area contributed by atoms with Gasteiger partial charge in [0.1, 0.15) is 13.2 Å². The van der Waals surface area contributed by atoms with Crippen molar-refractivity contribution in [3.05, 3.63) is 25.3 Å². The van der Waals surface area contributed by atoms with Crippen molar-refractivity contribution in [2.45, 2.75) is 25.7 Å². The minimum absolute atomic E-state index is 0.210. The normalized spacial score (nSPS) is 44.2. The van der Waals surface area contributed by atoms with Crippen LogP contribution in [0, 0.1) is 47.3 Å². The van der Waals surface area contributed by atoms with Crippen molar-refractivity contribution in [3.8, 4) is 0 Å². The predicted molar refractivity (Wildman–Crippen MR) is 88.7 cm³/mol. The summed E-state index contributed by atoms with van der Waals surface area (Å²) >= 11 is 0. The third-order valence-electron chi connectivity index (χ3n) is 7.12. The Labute approximate surface area is 143 Å². The average molecular weight is 330 g/mol. The van der Waals surface area contributed by atoms with E-state index in [1.807, 2.05) is 0 Å². The van der Waals surface area contributed by atoms with Crippen molar-refractivity contribution in [2.24, 2.45) is 47.3 Å². The molecule has 4 saturated carbocycles. The van der Waals surface area contributed by atoms with Gasteiger partial charge in [0.05, 0.1) is 11.8 Å². The number of ether oxygens (including phenoxy) is 2. The Hall–Kier alpha value is -1.58. The number of rotatable bonds is 6. The van der Waals surface area contributed by atoms with Gasteiger partial charge in [0.15, 0.2) is 0 Å². The van der Waals surface area contributed by atoms with E-state index in [9.17, 15) is 9.59 Å². The van der Waals surface area contributed by atoms with E-state index < -0.39 is 0 Å². The molecular formula is C20H26O4. The molecule has 0 radical (unpaired) electrons. The van der Waals surface area contributed by atoms with Crippen molar-refractivity contribution in [2.75, 3.05) is 13.2 Å². The number of hydrogen-bond donors (Lipinski definition) is 0. The molecule has 0 aromatic heterocycles. The van der Waals surface area contributed by atoms with E-state index in [1.165, 1.54) is 19.3 Å². The fourth-order valence-electron chi connectivity index (χ4n) is 6.70. The van der Waals surface area contributed by atoms with Crippen LogP contribution in [0.1, 0.15) is 25.7 Å². The second kappa shape index (κ2) is 6.05. The molecule has 0 heterocycles. The highest BCUT2D eigenvalue weighted by Crippen LogP contribution is 2.70. The highest BCUT2D eigenvalue weighted by atomic mass is 16.5. The zero-order valence-corrected chi connectivity index (χ0v) is 14.1. The van der Waals surface area contributed by atoms with Crippen molar-refractivity contribution in [1.29, 1.82) is 0 Å². The minimum atomic E-state index is -0.326. The highest BCUT2D eigenvalue weighted by molar-refractivity contribution is 5.84. The smallest absolute Gasteiger partial charge is 0.310 e. The van der Waals surface area contributed by atoms with Crippen molar-refractivity contribution >= 4 is 11.9 Å². The van der Waals surface area contributed by atoms with Gasteiger partial charge in [-0.15, -0.1) is 0 Å². The first kappa shape index (κ1) is 15.9. The molecular weight excluding hydrogens is 304 g/mol. The molecule has 0 amide bonds. The van der Waals surface area contributed by atoms with E-state index >= 15 is 0 Å². The molecule has 130 valence electrons. The summed E-state index contributed by atoms with van der Waals surface area (Å²) in [6.45, 7) is 7.63. The predicted octanol–water partition coefficient (Wildman–Crippen LogP) is 2.99. The van der Waals surface area contributed by atoms with E-state index in [-0.39, 0.29) is 37.0 Å². The summed E-state index contributed by atoms with van der Waals surface area (Å²) < 4.78 is 10.7. The monoisotopic (exact) mass is 330 g/mol. The molecule has 4 rings (SSSR count). The number of carbonyl (C=O) groups is 2. The molecule has 0 N–H and O–H groups in total. The van der Waals surface area contributed by atoms with E-state index in [2.05, 4.69) is 13.2 Å². The number of hydrogen-bond acceptors (Lipinski definition) is 4. The Kier molecular flexibility index (Phi) is 4.01. The van der Waals surface area contributed by atoms with Crippen LogP contribution in [-0.4, -0.2) is 25.2 Å². The van der Waals surface area contributed by atoms with Gasteiger partial charge in [-0.25, -0.2) is 0 Å². The van der Waals surface area contributed by atoms with Crippen LogP contribution in [-0.2, 0) is 19.1 Å². The Morgan fingerprint density at radius 3 is 1.71 bits per heavy atom. The molecule has 0 spiro atoms. The molecule has 4 nitrogen and oxygen atoms in total. The molecule has 0 aliphatic heterocycles. The van der Waals surface area contributed by atoms with Gasteiger partial charge in [0, 0.05) is 0 Å². The Balaban J connectivity index is 1.60. The van der Waals surface area contributed by atoms with Crippen LogP contribution in [0.15, 0.2) is 25.3 Å². The SMILES string of the molecule is C=CCOC(=O)C1C(C(=O)OCC=C)[C@@H]2C[C@H]1[C@H]1[C@@H]3CC[C@@H](C3)[C@H]12. The second-order valence-corrected chi connectivity index (χ2v) is 7.94. The maximum atomic E-state index is 12.7. The number of fused-ring (bicyclic) bond motifs is 9. The first-order chi connectivity index (χ1) is 11.7. The lowest BCUT2D eigenvalue weighted by Crippen LogP contribution is -2.45. The maximum absolute atomic E-state index is 12.7. The van der Waals surface area contributed by atoms with Crippen LogP contribution in [0.4, 0.5) is 0 Å². The minimum Gasteiger partial charge on any atom is -0.461 e. The van der Waals surface area contributed by atoms with Crippen LogP contribution in [0.2, 0.25) is 0 Å². The zero-order valence-electron chi connectivity index (χ0n) is 14.1. The van der Waals surface area contributed by atoms with E-state index in [1.54, 1.807) is 12.2 Å². The van der Waals surface area contributed by atoms with Crippen LogP contribution in [0.3, 0.4) is 0 Å². The molecule has 0 aromatic carbocycles. The molecule has 4 bridgehead atoms. The fourth-order valence-corrected chi connectivity index (χ4v) is 6.70. The van der Waals surface area contributed by atoms with Gasteiger partial charge in [-0.1, -0.05) is 25.3 Å². The largest absolute Gasteiger partial charge is 0.461 e. The Bertz CT molecular complexity index is 520. The lowest BCUT2D eigenvalue weighted by atomic mass is 9.63. The Morgan fingerprint density at radius 2 is 1.29 bits per heavy atom. The van der Waals surface area contributed by atoms with Gasteiger partial charge in [0.2, 0.25) is 0 Å².